The zero-order chi connectivity index (χ0) is 37.6. The molecule has 0 atom stereocenters. The maximum atomic E-state index is 12.4. The maximum absolute atomic E-state index is 12.4. The zero-order valence-corrected chi connectivity index (χ0v) is 32.3. The van der Waals surface area contributed by atoms with Crippen LogP contribution in [0, 0.1) is 13.8 Å². The lowest BCUT2D eigenvalue weighted by molar-refractivity contribution is -0.141. The number of allylic oxidation sites excluding steroid dienone is 2. The van der Waals surface area contributed by atoms with Crippen LogP contribution in [0.4, 0.5) is 0 Å². The third-order valence-electron chi connectivity index (χ3n) is 12.0. The number of carbonyl (C=O) groups excluding carboxylic acids is 2. The van der Waals surface area contributed by atoms with Crippen LogP contribution in [0.5, 0.6) is 0 Å². The quantitative estimate of drug-likeness (QED) is 0.140. The van der Waals surface area contributed by atoms with Crippen LogP contribution in [-0.2, 0) is 37.3 Å². The molecule has 8 nitrogen and oxygen atoms in total. The molecule has 8 bridgehead atoms. The van der Waals surface area contributed by atoms with Gasteiger partial charge >= 0.3 is 11.9 Å². The molecule has 2 N–H and O–H groups in total. The second kappa shape index (κ2) is 14.3. The van der Waals surface area contributed by atoms with Gasteiger partial charge in [0.2, 0.25) is 0 Å². The number of rotatable bonds is 10. The molecular formula is C45H50N4O4. The molecule has 0 amide bonds. The second-order valence-corrected chi connectivity index (χ2v) is 14.4. The first-order valence-electron chi connectivity index (χ1n) is 19.1. The van der Waals surface area contributed by atoms with Gasteiger partial charge in [0.1, 0.15) is 0 Å². The van der Waals surface area contributed by atoms with Gasteiger partial charge in [-0.3, -0.25) is 14.6 Å². The van der Waals surface area contributed by atoms with Crippen molar-refractivity contribution in [1.29, 1.82) is 0 Å². The molecule has 0 radical (unpaired) electrons. The van der Waals surface area contributed by atoms with Gasteiger partial charge in [-0.25, -0.2) is 4.98 Å². The minimum atomic E-state index is -0.302. The van der Waals surface area contributed by atoms with E-state index in [-0.39, 0.29) is 30.2 Å². The van der Waals surface area contributed by atoms with Crippen molar-refractivity contribution < 1.29 is 19.1 Å². The number of hydrogen-bond acceptors (Lipinski definition) is 6. The first-order valence-corrected chi connectivity index (χ1v) is 19.1. The molecule has 7 rings (SSSR count). The third-order valence-corrected chi connectivity index (χ3v) is 12.0. The minimum Gasteiger partial charge on any atom is -0.469 e. The number of carbonyl (C=O) groups is 2. The van der Waals surface area contributed by atoms with Gasteiger partial charge in [-0.1, -0.05) is 52.0 Å². The number of fused-ring (bicyclic) bond motifs is 10. The highest BCUT2D eigenvalue weighted by molar-refractivity contribution is 6.14. The van der Waals surface area contributed by atoms with Gasteiger partial charge in [0.15, 0.2) is 0 Å². The fourth-order valence-electron chi connectivity index (χ4n) is 8.85. The van der Waals surface area contributed by atoms with Crippen molar-refractivity contribution in [2.24, 2.45) is 0 Å². The number of esters is 2. The highest BCUT2D eigenvalue weighted by Gasteiger charge is 2.39. The molecule has 0 aliphatic carbocycles. The van der Waals surface area contributed by atoms with Gasteiger partial charge < -0.3 is 19.4 Å². The average molecular weight is 711 g/mol. The first kappa shape index (κ1) is 36.1. The number of aromatic amines is 2. The van der Waals surface area contributed by atoms with E-state index in [0.29, 0.717) is 12.8 Å². The molecular weight excluding hydrogens is 661 g/mol. The Balaban J connectivity index is 1.71. The van der Waals surface area contributed by atoms with E-state index < -0.39 is 0 Å². The summed E-state index contributed by atoms with van der Waals surface area (Å²) in [5, 5.41) is 3.44. The molecule has 5 heterocycles. The molecule has 274 valence electrons. The molecule has 2 aromatic carbocycles. The van der Waals surface area contributed by atoms with Gasteiger partial charge in [-0.2, -0.15) is 0 Å². The zero-order valence-electron chi connectivity index (χ0n) is 32.3. The maximum Gasteiger partial charge on any atom is 0.305 e. The molecule has 0 unspecified atom stereocenters. The average Bonchev–Trinajstić information content (AvgIpc) is 3.86. The summed E-state index contributed by atoms with van der Waals surface area (Å²) in [6.07, 6.45) is 5.01. The van der Waals surface area contributed by atoms with Gasteiger partial charge in [0.05, 0.1) is 36.8 Å². The van der Waals surface area contributed by atoms with E-state index in [1.54, 1.807) is 0 Å². The van der Waals surface area contributed by atoms with Crippen molar-refractivity contribution >= 4 is 66.8 Å². The molecule has 0 fully saturated rings. The number of aryl methyl sites for hydroxylation is 4. The summed E-state index contributed by atoms with van der Waals surface area (Å²) in [5.41, 5.74) is 15.4. The number of benzene rings is 2. The van der Waals surface area contributed by atoms with E-state index in [9.17, 15) is 9.59 Å². The van der Waals surface area contributed by atoms with E-state index in [1.807, 2.05) is 0 Å². The van der Waals surface area contributed by atoms with Crippen molar-refractivity contribution in [1.82, 2.24) is 19.9 Å². The standard InChI is InChI=1S/C45H50N4O4/c1-9-28-29(10-2)43-42-32-16-14-13-15-27(32)21-33-44(42)49-39(45(33,11-3)12-4)24-35-26(6)31(18-20-41(51)53-8)38(47-35)23-37-30(17-19-40(50)52-7)25(5)34(46-37)22-36(28)48-43/h13-16,21-24,46-47H,9-12,17-20H2,1-8H3. The summed E-state index contributed by atoms with van der Waals surface area (Å²) in [6.45, 7) is 13.2. The van der Waals surface area contributed by atoms with Crippen molar-refractivity contribution in [3.8, 4) is 0 Å². The largest absolute Gasteiger partial charge is 0.469 e. The van der Waals surface area contributed by atoms with Crippen LogP contribution in [-0.4, -0.2) is 46.1 Å². The number of nitrogens with zero attached hydrogens (tertiary/aromatic N) is 2. The predicted molar refractivity (Wildman–Crippen MR) is 215 cm³/mol. The van der Waals surface area contributed by atoms with E-state index in [1.165, 1.54) is 36.3 Å². The normalized spacial score (nSPS) is 13.7. The molecule has 0 saturated carbocycles. The van der Waals surface area contributed by atoms with Crippen LogP contribution in [0.2, 0.25) is 0 Å². The number of hydrogen-bond donors (Lipinski definition) is 2. The van der Waals surface area contributed by atoms with Gasteiger partial charge in [0, 0.05) is 45.7 Å². The number of methoxy groups -OCH3 is 2. The Hall–Kier alpha value is -5.24. The number of aromatic nitrogens is 4. The third kappa shape index (κ3) is 5.92. The van der Waals surface area contributed by atoms with E-state index >= 15 is 0 Å². The monoisotopic (exact) mass is 710 g/mol. The topological polar surface area (TPSA) is 110 Å². The van der Waals surface area contributed by atoms with Crippen LogP contribution in [0.25, 0.3) is 54.9 Å². The fourth-order valence-corrected chi connectivity index (χ4v) is 8.85. The Labute approximate surface area is 311 Å². The summed E-state index contributed by atoms with van der Waals surface area (Å²) in [4.78, 5) is 43.5. The number of ether oxygens (including phenoxy) is 2. The Kier molecular flexibility index (Phi) is 9.75. The highest BCUT2D eigenvalue weighted by atomic mass is 16.5. The van der Waals surface area contributed by atoms with E-state index in [4.69, 9.17) is 19.4 Å². The summed E-state index contributed by atoms with van der Waals surface area (Å²) < 4.78 is 10.1. The van der Waals surface area contributed by atoms with E-state index in [0.717, 1.165) is 103 Å². The molecule has 5 aromatic rings. The summed E-state index contributed by atoms with van der Waals surface area (Å²) in [5.74, 6) is -0.505. The lowest BCUT2D eigenvalue weighted by Crippen LogP contribution is -2.23. The molecule has 53 heavy (non-hydrogen) atoms. The van der Waals surface area contributed by atoms with Gasteiger partial charge in [-0.15, -0.1) is 0 Å². The second-order valence-electron chi connectivity index (χ2n) is 14.4. The molecule has 8 heteroatoms. The Morgan fingerprint density at radius 3 is 1.87 bits per heavy atom. The smallest absolute Gasteiger partial charge is 0.305 e. The van der Waals surface area contributed by atoms with Gasteiger partial charge in [-0.05, 0) is 126 Å². The molecule has 2 aliphatic rings. The first-order chi connectivity index (χ1) is 25.6. The SMILES string of the molecule is CCC1=C(CC)c2nc1cc1[nH]c(cc3[nH]c(cc4nc5c(cc6ccccc6c25)C4(CC)CC)c(C)c3CCC(=O)OC)c(CCC(=O)OC)c1C. The van der Waals surface area contributed by atoms with Crippen LogP contribution in [0.1, 0.15) is 111 Å². The molecule has 2 aliphatic heterocycles. The molecule has 0 spiro atoms. The van der Waals surface area contributed by atoms with Gasteiger partial charge in [0.25, 0.3) is 0 Å². The summed E-state index contributed by atoms with van der Waals surface area (Å²) >= 11 is 0. The Bertz CT molecular complexity index is 2500. The van der Waals surface area contributed by atoms with Crippen molar-refractivity contribution in [3.05, 3.63) is 93.4 Å². The van der Waals surface area contributed by atoms with Crippen molar-refractivity contribution in [2.45, 2.75) is 98.3 Å². The molecule has 0 saturated heterocycles. The predicted octanol–water partition coefficient (Wildman–Crippen LogP) is 10.3. The molecule has 3 aromatic heterocycles. The number of H-pyrrole nitrogens is 2. The van der Waals surface area contributed by atoms with Crippen molar-refractivity contribution in [3.63, 3.8) is 0 Å². The van der Waals surface area contributed by atoms with Crippen LogP contribution in [0.15, 0.2) is 48.5 Å². The minimum absolute atomic E-state index is 0.252. The van der Waals surface area contributed by atoms with Crippen LogP contribution >= 0.6 is 0 Å². The van der Waals surface area contributed by atoms with E-state index in [2.05, 4.69) is 100 Å². The van der Waals surface area contributed by atoms with Crippen LogP contribution < -0.4 is 0 Å². The van der Waals surface area contributed by atoms with Crippen molar-refractivity contribution in [2.75, 3.05) is 14.2 Å². The Morgan fingerprint density at radius 1 is 0.717 bits per heavy atom. The summed E-state index contributed by atoms with van der Waals surface area (Å²) in [6, 6.07) is 17.6. The Morgan fingerprint density at radius 2 is 1.30 bits per heavy atom. The fraction of sp³-hybridized carbons (Fsp3) is 0.378. The lowest BCUT2D eigenvalue weighted by Gasteiger charge is -2.28. The van der Waals surface area contributed by atoms with Crippen LogP contribution in [0.3, 0.4) is 0 Å². The summed E-state index contributed by atoms with van der Waals surface area (Å²) in [7, 11) is 2.86. The number of nitrogens with one attached hydrogen (secondary N) is 2. The highest BCUT2D eigenvalue weighted by Crippen LogP contribution is 2.49. The lowest BCUT2D eigenvalue weighted by atomic mass is 9.73.